The van der Waals surface area contributed by atoms with Crippen LogP contribution in [0.5, 0.6) is 0 Å². The molecule has 2 heterocycles. The van der Waals surface area contributed by atoms with Crippen molar-refractivity contribution < 1.29 is 9.63 Å². The number of benzene rings is 1. The summed E-state index contributed by atoms with van der Waals surface area (Å²) in [5.74, 6) is 1.80. The molecule has 0 atom stereocenters. The zero-order valence-electron chi connectivity index (χ0n) is 12.1. The third kappa shape index (κ3) is 3.49. The Hall–Kier alpha value is -1.72. The van der Waals surface area contributed by atoms with Gasteiger partial charge in [-0.3, -0.25) is 0 Å². The maximum atomic E-state index is 8.88. The van der Waals surface area contributed by atoms with Crippen molar-refractivity contribution in [3.63, 3.8) is 0 Å². The molecular formula is C16H21N3O2. The monoisotopic (exact) mass is 287 g/mol. The minimum atomic E-state index is 0.268. The molecule has 5 nitrogen and oxygen atoms in total. The average molecular weight is 287 g/mol. The first-order valence-electron chi connectivity index (χ1n) is 7.59. The van der Waals surface area contributed by atoms with Crippen LogP contribution in [0.15, 0.2) is 34.9 Å². The van der Waals surface area contributed by atoms with Crippen molar-refractivity contribution in [3.8, 4) is 11.4 Å². The van der Waals surface area contributed by atoms with Crippen LogP contribution in [0.2, 0.25) is 0 Å². The maximum Gasteiger partial charge on any atom is 0.230 e. The fourth-order valence-electron chi connectivity index (χ4n) is 2.80. The molecule has 3 rings (SSSR count). The van der Waals surface area contributed by atoms with Crippen LogP contribution in [-0.4, -0.2) is 46.4 Å². The van der Waals surface area contributed by atoms with Gasteiger partial charge in [-0.15, -0.1) is 0 Å². The van der Waals surface area contributed by atoms with Crippen LogP contribution in [0.4, 0.5) is 0 Å². The minimum absolute atomic E-state index is 0.268. The molecule has 1 saturated heterocycles. The molecule has 1 aliphatic rings. The Bertz CT molecular complexity index is 548. The lowest BCUT2D eigenvalue weighted by Crippen LogP contribution is -2.34. The van der Waals surface area contributed by atoms with E-state index in [2.05, 4.69) is 15.0 Å². The Kier molecular flexibility index (Phi) is 4.62. The lowest BCUT2D eigenvalue weighted by molar-refractivity contribution is 0.176. The maximum absolute atomic E-state index is 8.88. The van der Waals surface area contributed by atoms with Crippen molar-refractivity contribution in [2.45, 2.75) is 25.2 Å². The first-order chi connectivity index (χ1) is 10.4. The highest BCUT2D eigenvalue weighted by atomic mass is 16.5. The van der Waals surface area contributed by atoms with E-state index in [1.165, 1.54) is 0 Å². The minimum Gasteiger partial charge on any atom is -0.396 e. The molecule has 0 amide bonds. The van der Waals surface area contributed by atoms with E-state index in [0.29, 0.717) is 11.7 Å². The second kappa shape index (κ2) is 6.83. The van der Waals surface area contributed by atoms with Crippen molar-refractivity contribution in [3.05, 3.63) is 36.2 Å². The van der Waals surface area contributed by atoms with E-state index in [1.54, 1.807) is 0 Å². The summed E-state index contributed by atoms with van der Waals surface area (Å²) in [6.45, 7) is 3.31. The zero-order chi connectivity index (χ0) is 14.5. The van der Waals surface area contributed by atoms with Crippen molar-refractivity contribution in [1.29, 1.82) is 0 Å². The van der Waals surface area contributed by atoms with E-state index in [4.69, 9.17) is 9.63 Å². The first kappa shape index (κ1) is 14.2. The number of likely N-dealkylation sites (tertiary alicyclic amines) is 1. The number of aliphatic hydroxyl groups is 1. The predicted octanol–water partition coefficient (Wildman–Crippen LogP) is 2.30. The van der Waals surface area contributed by atoms with Crippen LogP contribution in [0.1, 0.15) is 31.1 Å². The Morgan fingerprint density at radius 1 is 1.19 bits per heavy atom. The van der Waals surface area contributed by atoms with Gasteiger partial charge >= 0.3 is 0 Å². The summed E-state index contributed by atoms with van der Waals surface area (Å²) >= 11 is 0. The molecule has 1 aromatic heterocycles. The first-order valence-corrected chi connectivity index (χ1v) is 7.59. The second-order valence-corrected chi connectivity index (χ2v) is 5.52. The fraction of sp³-hybridized carbons (Fsp3) is 0.500. The summed E-state index contributed by atoms with van der Waals surface area (Å²) in [6, 6.07) is 9.92. The summed E-state index contributed by atoms with van der Waals surface area (Å²) < 4.78 is 5.46. The van der Waals surface area contributed by atoms with Gasteiger partial charge in [0, 0.05) is 24.6 Å². The van der Waals surface area contributed by atoms with Crippen molar-refractivity contribution >= 4 is 0 Å². The van der Waals surface area contributed by atoms with Gasteiger partial charge in [-0.1, -0.05) is 35.5 Å². The molecular weight excluding hydrogens is 266 g/mol. The summed E-state index contributed by atoms with van der Waals surface area (Å²) in [5.41, 5.74) is 0.993. The van der Waals surface area contributed by atoms with Crippen LogP contribution in [-0.2, 0) is 0 Å². The van der Waals surface area contributed by atoms with Gasteiger partial charge in [-0.25, -0.2) is 0 Å². The molecule has 1 aromatic carbocycles. The highest BCUT2D eigenvalue weighted by Gasteiger charge is 2.25. The van der Waals surface area contributed by atoms with Crippen LogP contribution in [0, 0.1) is 0 Å². The molecule has 0 saturated carbocycles. The van der Waals surface area contributed by atoms with Gasteiger partial charge in [0.1, 0.15) is 0 Å². The van der Waals surface area contributed by atoms with E-state index < -0.39 is 0 Å². The van der Waals surface area contributed by atoms with Gasteiger partial charge < -0.3 is 14.5 Å². The number of aromatic nitrogens is 2. The van der Waals surface area contributed by atoms with Gasteiger partial charge in [0.05, 0.1) is 0 Å². The average Bonchev–Trinajstić information content (AvgIpc) is 3.04. The van der Waals surface area contributed by atoms with E-state index in [-0.39, 0.29) is 6.61 Å². The molecule has 0 unspecified atom stereocenters. The molecule has 21 heavy (non-hydrogen) atoms. The lowest BCUT2D eigenvalue weighted by Gasteiger charge is -2.29. The molecule has 0 aliphatic carbocycles. The van der Waals surface area contributed by atoms with Gasteiger partial charge in [0.15, 0.2) is 0 Å². The van der Waals surface area contributed by atoms with Crippen LogP contribution in [0.25, 0.3) is 11.4 Å². The molecule has 1 fully saturated rings. The number of aliphatic hydroxyl groups excluding tert-OH is 1. The summed E-state index contributed by atoms with van der Waals surface area (Å²) in [4.78, 5) is 6.95. The quantitative estimate of drug-likeness (QED) is 0.914. The number of hydrogen-bond donors (Lipinski definition) is 1. The van der Waals surface area contributed by atoms with Crippen molar-refractivity contribution in [1.82, 2.24) is 15.0 Å². The SMILES string of the molecule is OCCCN1CCC(c2nc(-c3ccccc3)no2)CC1. The molecule has 1 N–H and O–H groups in total. The summed E-state index contributed by atoms with van der Waals surface area (Å²) in [5, 5.41) is 13.0. The Balaban J connectivity index is 1.60. The number of piperidine rings is 1. The molecule has 0 radical (unpaired) electrons. The standard InChI is InChI=1S/C16H21N3O2/c20-12-4-9-19-10-7-14(8-11-19)16-17-15(18-21-16)13-5-2-1-3-6-13/h1-3,5-6,14,20H,4,7-12H2. The second-order valence-electron chi connectivity index (χ2n) is 5.52. The number of nitrogens with zero attached hydrogens (tertiary/aromatic N) is 3. The Labute approximate surface area is 124 Å². The largest absolute Gasteiger partial charge is 0.396 e. The van der Waals surface area contributed by atoms with Crippen LogP contribution < -0.4 is 0 Å². The normalized spacial score (nSPS) is 17.2. The Morgan fingerprint density at radius 2 is 1.95 bits per heavy atom. The molecule has 1 aliphatic heterocycles. The Morgan fingerprint density at radius 3 is 2.67 bits per heavy atom. The van der Waals surface area contributed by atoms with Crippen molar-refractivity contribution in [2.75, 3.05) is 26.2 Å². The van der Waals surface area contributed by atoms with Crippen LogP contribution in [0.3, 0.4) is 0 Å². The molecule has 112 valence electrons. The highest BCUT2D eigenvalue weighted by molar-refractivity contribution is 5.53. The van der Waals surface area contributed by atoms with Gasteiger partial charge in [-0.05, 0) is 32.4 Å². The van der Waals surface area contributed by atoms with E-state index >= 15 is 0 Å². The highest BCUT2D eigenvalue weighted by Crippen LogP contribution is 2.28. The van der Waals surface area contributed by atoms with Crippen LogP contribution >= 0.6 is 0 Å². The third-order valence-electron chi connectivity index (χ3n) is 4.04. The smallest absolute Gasteiger partial charge is 0.230 e. The van der Waals surface area contributed by atoms with Gasteiger partial charge in [-0.2, -0.15) is 4.98 Å². The number of rotatable bonds is 5. The van der Waals surface area contributed by atoms with Gasteiger partial charge in [0.2, 0.25) is 11.7 Å². The lowest BCUT2D eigenvalue weighted by atomic mass is 9.96. The van der Waals surface area contributed by atoms with E-state index in [1.807, 2.05) is 30.3 Å². The zero-order valence-corrected chi connectivity index (χ0v) is 12.1. The molecule has 2 aromatic rings. The third-order valence-corrected chi connectivity index (χ3v) is 4.04. The summed E-state index contributed by atoms with van der Waals surface area (Å²) in [6.07, 6.45) is 2.94. The fourth-order valence-corrected chi connectivity index (χ4v) is 2.80. The van der Waals surface area contributed by atoms with E-state index in [9.17, 15) is 0 Å². The molecule has 0 spiro atoms. The van der Waals surface area contributed by atoms with Crippen molar-refractivity contribution in [2.24, 2.45) is 0 Å². The topological polar surface area (TPSA) is 62.4 Å². The summed E-state index contributed by atoms with van der Waals surface area (Å²) in [7, 11) is 0. The molecule has 5 heteroatoms. The van der Waals surface area contributed by atoms with E-state index in [0.717, 1.165) is 50.4 Å². The molecule has 0 bridgehead atoms. The number of hydrogen-bond acceptors (Lipinski definition) is 5. The predicted molar refractivity (Wildman–Crippen MR) is 79.9 cm³/mol. The van der Waals surface area contributed by atoms with Gasteiger partial charge in [0.25, 0.3) is 0 Å².